The molecular weight excluding hydrogens is 522 g/mol. The van der Waals surface area contributed by atoms with E-state index in [2.05, 4.69) is 27.8 Å². The molecule has 12 nitrogen and oxygen atoms in total. The van der Waals surface area contributed by atoms with Crippen LogP contribution in [0.1, 0.15) is 75.2 Å². The van der Waals surface area contributed by atoms with Gasteiger partial charge in [0.25, 0.3) is 0 Å². The average Bonchev–Trinajstić information content (AvgIpc) is 3.53. The molecule has 1 atom stereocenters. The highest BCUT2D eigenvalue weighted by Gasteiger charge is 2.40. The number of aromatic nitrogens is 5. The quantitative estimate of drug-likeness (QED) is 0.366. The second-order valence-electron chi connectivity index (χ2n) is 11.7. The lowest BCUT2D eigenvalue weighted by molar-refractivity contribution is 0.0105. The molecule has 1 aliphatic heterocycles. The van der Waals surface area contributed by atoms with Gasteiger partial charge in [0.1, 0.15) is 17.5 Å². The highest BCUT2D eigenvalue weighted by Crippen LogP contribution is 2.36. The third-order valence-electron chi connectivity index (χ3n) is 7.51. The van der Waals surface area contributed by atoms with Gasteiger partial charge in [-0.1, -0.05) is 23.4 Å². The van der Waals surface area contributed by atoms with Crippen LogP contribution in [0.15, 0.2) is 36.5 Å². The predicted octanol–water partition coefficient (Wildman–Crippen LogP) is 3.82. The molecule has 0 spiro atoms. The molecule has 0 radical (unpaired) electrons. The Kier molecular flexibility index (Phi) is 7.84. The van der Waals surface area contributed by atoms with E-state index in [0.717, 1.165) is 35.5 Å². The number of aliphatic hydroxyl groups is 1. The fourth-order valence-electron chi connectivity index (χ4n) is 5.34. The Balaban J connectivity index is 1.35. The maximum Gasteiger partial charge on any atom is 0.410 e. The van der Waals surface area contributed by atoms with Gasteiger partial charge in [-0.25, -0.2) is 9.48 Å². The van der Waals surface area contributed by atoms with Gasteiger partial charge in [0.05, 0.1) is 35.8 Å². The largest absolute Gasteiger partial charge is 0.444 e. The Hall–Kier alpha value is -4.21. The van der Waals surface area contributed by atoms with E-state index >= 15 is 0 Å². The molecule has 1 amide bonds. The number of carbonyl (C=O) groups excluding carboxylic acids is 1. The topological polar surface area (TPSA) is 160 Å². The second-order valence-corrected chi connectivity index (χ2v) is 11.7. The van der Waals surface area contributed by atoms with E-state index < -0.39 is 17.4 Å². The second kappa shape index (κ2) is 11.3. The monoisotopic (exact) mass is 559 g/mol. The number of nitrogens with zero attached hydrogens (tertiary/aromatic N) is 7. The van der Waals surface area contributed by atoms with E-state index in [9.17, 15) is 15.2 Å². The van der Waals surface area contributed by atoms with Gasteiger partial charge in [-0.2, -0.15) is 10.4 Å². The lowest BCUT2D eigenvalue weighted by atomic mass is 9.85. The van der Waals surface area contributed by atoms with Gasteiger partial charge in [0.15, 0.2) is 5.82 Å². The number of anilines is 2. The Morgan fingerprint density at radius 3 is 2.80 bits per heavy atom. The van der Waals surface area contributed by atoms with Crippen molar-refractivity contribution in [1.82, 2.24) is 29.7 Å². The number of carbonyl (C=O) groups is 1. The number of nitrogens with two attached hydrogens (primary N) is 1. The highest BCUT2D eigenvalue weighted by atomic mass is 16.6. The van der Waals surface area contributed by atoms with Crippen LogP contribution in [-0.2, 0) is 23.2 Å². The normalized spacial score (nSPS) is 17.0. The number of aliphatic hydroxyl groups excluding tert-OH is 1. The molecule has 1 aromatic carbocycles. The van der Waals surface area contributed by atoms with Crippen LogP contribution < -0.4 is 11.1 Å². The molecule has 41 heavy (non-hydrogen) atoms. The van der Waals surface area contributed by atoms with E-state index in [0.29, 0.717) is 43.9 Å². The zero-order chi connectivity index (χ0) is 29.2. The Labute approximate surface area is 239 Å². The molecule has 1 unspecified atom stereocenters. The van der Waals surface area contributed by atoms with Crippen LogP contribution in [0, 0.1) is 11.3 Å². The molecule has 0 bridgehead atoms. The Morgan fingerprint density at radius 1 is 1.32 bits per heavy atom. The van der Waals surface area contributed by atoms with Crippen molar-refractivity contribution < 1.29 is 14.6 Å². The van der Waals surface area contributed by atoms with Gasteiger partial charge in [0.2, 0.25) is 0 Å². The molecule has 1 fully saturated rings. The minimum Gasteiger partial charge on any atom is -0.444 e. The number of likely N-dealkylation sites (tertiary alicyclic amines) is 1. The van der Waals surface area contributed by atoms with Crippen LogP contribution in [0.4, 0.5) is 16.3 Å². The summed E-state index contributed by atoms with van der Waals surface area (Å²) < 4.78 is 9.19. The maximum atomic E-state index is 12.6. The van der Waals surface area contributed by atoms with Crippen molar-refractivity contribution in [3.8, 4) is 6.07 Å². The van der Waals surface area contributed by atoms with Gasteiger partial charge < -0.3 is 25.8 Å². The van der Waals surface area contributed by atoms with Crippen LogP contribution in [0.25, 0.3) is 6.08 Å². The average molecular weight is 560 g/mol. The molecule has 12 heteroatoms. The van der Waals surface area contributed by atoms with Crippen molar-refractivity contribution >= 4 is 23.7 Å². The smallest absolute Gasteiger partial charge is 0.410 e. The number of allylic oxidation sites excluding steroid dienone is 1. The molecule has 2 aromatic heterocycles. The molecular formula is C29H37N9O3. The number of nitrogens with one attached hydrogen (secondary N) is 1. The lowest BCUT2D eigenvalue weighted by Gasteiger charge is -2.41. The number of piperidine rings is 1. The third-order valence-corrected chi connectivity index (χ3v) is 7.51. The third kappa shape index (κ3) is 6.26. The lowest BCUT2D eigenvalue weighted by Crippen LogP contribution is -2.49. The van der Waals surface area contributed by atoms with Crippen LogP contribution in [0.5, 0.6) is 0 Å². The standard InChI is InChI=1S/C29H37N9O3/c1-28(2,3)41-27(40)36-15-12-29(11-14-30,13-16-36)38-19-22(25(31)39)26(34-38)32-21-8-6-7-20(17-21)18-37-24-10-5-4-9-23(24)33-35-37/h4,6-9,17,19,25,39H,5,10-13,15-16,18,31H2,1-3H3,(H,32,34). The Morgan fingerprint density at radius 2 is 2.10 bits per heavy atom. The van der Waals surface area contributed by atoms with E-state index in [4.69, 9.17) is 15.6 Å². The van der Waals surface area contributed by atoms with Gasteiger partial charge >= 0.3 is 6.09 Å². The van der Waals surface area contributed by atoms with Crippen molar-refractivity contribution in [1.29, 1.82) is 5.26 Å². The van der Waals surface area contributed by atoms with Gasteiger partial charge in [-0.15, -0.1) is 5.10 Å². The van der Waals surface area contributed by atoms with Gasteiger partial charge in [0, 0.05) is 25.0 Å². The Bertz CT molecular complexity index is 1470. The van der Waals surface area contributed by atoms with Crippen molar-refractivity contribution in [2.24, 2.45) is 5.73 Å². The number of rotatable bonds is 7. The van der Waals surface area contributed by atoms with Crippen LogP contribution >= 0.6 is 0 Å². The summed E-state index contributed by atoms with van der Waals surface area (Å²) in [7, 11) is 0. The van der Waals surface area contributed by atoms with Gasteiger partial charge in [-0.3, -0.25) is 4.68 Å². The minimum atomic E-state index is -1.27. The molecule has 1 saturated heterocycles. The summed E-state index contributed by atoms with van der Waals surface area (Å²) in [6, 6.07) is 10.2. The fraction of sp³-hybridized carbons (Fsp3) is 0.483. The molecule has 3 aromatic rings. The van der Waals surface area contributed by atoms with Crippen molar-refractivity contribution in [3.63, 3.8) is 0 Å². The molecule has 0 saturated carbocycles. The van der Waals surface area contributed by atoms with Gasteiger partial charge in [-0.05, 0) is 70.2 Å². The summed E-state index contributed by atoms with van der Waals surface area (Å²) >= 11 is 0. The van der Waals surface area contributed by atoms with E-state index in [1.165, 1.54) is 0 Å². The minimum absolute atomic E-state index is 0.198. The number of amides is 1. The number of ether oxygens (including phenoxy) is 1. The first kappa shape index (κ1) is 28.3. The molecule has 216 valence electrons. The van der Waals surface area contributed by atoms with Crippen molar-refractivity contribution in [3.05, 3.63) is 59.1 Å². The zero-order valence-electron chi connectivity index (χ0n) is 23.7. The summed E-state index contributed by atoms with van der Waals surface area (Å²) in [5, 5.41) is 36.8. The van der Waals surface area contributed by atoms with E-state index in [1.807, 2.05) is 55.8 Å². The predicted molar refractivity (Wildman–Crippen MR) is 153 cm³/mol. The molecule has 2 aliphatic rings. The molecule has 5 rings (SSSR count). The number of hydrogen-bond donors (Lipinski definition) is 3. The number of fused-ring (bicyclic) bond motifs is 1. The summed E-state index contributed by atoms with van der Waals surface area (Å²) in [5.74, 6) is 0.410. The first-order valence-corrected chi connectivity index (χ1v) is 13.9. The first-order chi connectivity index (χ1) is 19.6. The van der Waals surface area contributed by atoms with E-state index in [-0.39, 0.29) is 12.5 Å². The number of benzene rings is 1. The fourth-order valence-corrected chi connectivity index (χ4v) is 5.34. The summed E-state index contributed by atoms with van der Waals surface area (Å²) in [4.78, 5) is 14.3. The maximum absolute atomic E-state index is 12.6. The van der Waals surface area contributed by atoms with E-state index in [1.54, 1.807) is 15.8 Å². The van der Waals surface area contributed by atoms with Crippen molar-refractivity contribution in [2.45, 2.75) is 76.8 Å². The summed E-state index contributed by atoms with van der Waals surface area (Å²) in [6.45, 7) is 6.92. The summed E-state index contributed by atoms with van der Waals surface area (Å²) in [6.07, 6.45) is 7.28. The first-order valence-electron chi connectivity index (χ1n) is 13.9. The summed E-state index contributed by atoms with van der Waals surface area (Å²) in [5.41, 5.74) is 8.96. The van der Waals surface area contributed by atoms with Crippen LogP contribution in [-0.4, -0.2) is 59.6 Å². The molecule has 4 N–H and O–H groups in total. The van der Waals surface area contributed by atoms with Crippen LogP contribution in [0.2, 0.25) is 0 Å². The molecule has 1 aliphatic carbocycles. The number of hydrogen-bond acceptors (Lipinski definition) is 9. The van der Waals surface area contributed by atoms with Crippen LogP contribution in [0.3, 0.4) is 0 Å². The molecule has 3 heterocycles. The highest BCUT2D eigenvalue weighted by molar-refractivity contribution is 5.68. The van der Waals surface area contributed by atoms with Crippen molar-refractivity contribution in [2.75, 3.05) is 18.4 Å². The SMILES string of the molecule is CC(C)(C)OC(=O)N1CCC(CC#N)(n2cc(C(N)O)c(Nc3cccc(Cn4nnc5c4CCC=C5)c3)n2)CC1. The zero-order valence-corrected chi connectivity index (χ0v) is 23.7. The number of nitriles is 1.